The maximum Gasteiger partial charge on any atom is 0.264 e. The number of nitrogens with two attached hydrogens (primary N) is 1. The molecule has 1 saturated carbocycles. The number of ether oxygens (including phenoxy) is 2. The van der Waals surface area contributed by atoms with Crippen molar-refractivity contribution in [2.75, 3.05) is 13.3 Å². The standard InChI is InChI=1S/C12H13F2NO2/c13-11(14)7-3-9-10(17-6-16-9)4-8(7)12(5-15)1-2-12/h3-4,11H,1-2,5-6,15H2. The van der Waals surface area contributed by atoms with Crippen molar-refractivity contribution in [2.24, 2.45) is 5.73 Å². The molecule has 0 saturated heterocycles. The highest BCUT2D eigenvalue weighted by molar-refractivity contribution is 5.53. The van der Waals surface area contributed by atoms with Gasteiger partial charge in [-0.1, -0.05) is 0 Å². The second kappa shape index (κ2) is 3.57. The van der Waals surface area contributed by atoms with Gasteiger partial charge in [0.1, 0.15) is 0 Å². The van der Waals surface area contributed by atoms with Gasteiger partial charge in [0.05, 0.1) is 0 Å². The smallest absolute Gasteiger partial charge is 0.264 e. The van der Waals surface area contributed by atoms with Gasteiger partial charge in [0.15, 0.2) is 11.5 Å². The van der Waals surface area contributed by atoms with E-state index in [2.05, 4.69) is 0 Å². The maximum atomic E-state index is 13.1. The lowest BCUT2D eigenvalue weighted by molar-refractivity contribution is 0.148. The van der Waals surface area contributed by atoms with Crippen LogP contribution in [0.5, 0.6) is 11.5 Å². The Morgan fingerprint density at radius 3 is 2.41 bits per heavy atom. The lowest BCUT2D eigenvalue weighted by Crippen LogP contribution is -2.21. The summed E-state index contributed by atoms with van der Waals surface area (Å²) >= 11 is 0. The van der Waals surface area contributed by atoms with Crippen LogP contribution >= 0.6 is 0 Å². The summed E-state index contributed by atoms with van der Waals surface area (Å²) in [7, 11) is 0. The summed E-state index contributed by atoms with van der Waals surface area (Å²) in [5.74, 6) is 0.945. The largest absolute Gasteiger partial charge is 0.454 e. The van der Waals surface area contributed by atoms with Crippen molar-refractivity contribution in [3.63, 3.8) is 0 Å². The maximum absolute atomic E-state index is 13.1. The highest BCUT2D eigenvalue weighted by Crippen LogP contribution is 2.52. The fourth-order valence-corrected chi connectivity index (χ4v) is 2.33. The highest BCUT2D eigenvalue weighted by atomic mass is 19.3. The Labute approximate surface area is 97.5 Å². The number of rotatable bonds is 3. The predicted molar refractivity (Wildman–Crippen MR) is 57.5 cm³/mol. The number of halogens is 2. The molecule has 17 heavy (non-hydrogen) atoms. The summed E-state index contributed by atoms with van der Waals surface area (Å²) in [6, 6.07) is 3.06. The van der Waals surface area contributed by atoms with Crippen LogP contribution in [0.1, 0.15) is 30.4 Å². The Kier molecular flexibility index (Phi) is 2.26. The molecule has 1 aromatic carbocycles. The van der Waals surface area contributed by atoms with Gasteiger partial charge in [0, 0.05) is 17.5 Å². The first kappa shape index (κ1) is 10.8. The highest BCUT2D eigenvalue weighted by Gasteiger charge is 2.46. The zero-order chi connectivity index (χ0) is 12.0. The van der Waals surface area contributed by atoms with E-state index in [-0.39, 0.29) is 17.8 Å². The third kappa shape index (κ3) is 1.57. The number of hydrogen-bond acceptors (Lipinski definition) is 3. The molecule has 1 aliphatic heterocycles. The molecule has 0 atom stereocenters. The molecule has 1 aliphatic carbocycles. The van der Waals surface area contributed by atoms with Crippen molar-refractivity contribution in [1.29, 1.82) is 0 Å². The van der Waals surface area contributed by atoms with Crippen LogP contribution in [-0.2, 0) is 5.41 Å². The van der Waals surface area contributed by atoms with Gasteiger partial charge in [-0.2, -0.15) is 0 Å². The first-order chi connectivity index (χ1) is 8.16. The normalized spacial score (nSPS) is 19.8. The zero-order valence-electron chi connectivity index (χ0n) is 9.21. The molecule has 0 aromatic heterocycles. The second-order valence-electron chi connectivity index (χ2n) is 4.58. The van der Waals surface area contributed by atoms with Gasteiger partial charge in [0.2, 0.25) is 6.79 Å². The van der Waals surface area contributed by atoms with E-state index in [1.54, 1.807) is 6.07 Å². The van der Waals surface area contributed by atoms with E-state index in [1.165, 1.54) is 6.07 Å². The Bertz CT molecular complexity index is 458. The summed E-state index contributed by atoms with van der Waals surface area (Å²) in [6.45, 7) is 0.490. The van der Waals surface area contributed by atoms with Gasteiger partial charge >= 0.3 is 0 Å². The van der Waals surface area contributed by atoms with Crippen LogP contribution < -0.4 is 15.2 Å². The summed E-state index contributed by atoms with van der Waals surface area (Å²) in [6.07, 6.45) is -0.783. The van der Waals surface area contributed by atoms with Crippen LogP contribution in [-0.4, -0.2) is 13.3 Å². The summed E-state index contributed by atoms with van der Waals surface area (Å²) in [5, 5.41) is 0. The average molecular weight is 241 g/mol. The van der Waals surface area contributed by atoms with E-state index >= 15 is 0 Å². The Hall–Kier alpha value is -1.36. The fraction of sp³-hybridized carbons (Fsp3) is 0.500. The van der Waals surface area contributed by atoms with Crippen LogP contribution in [0.15, 0.2) is 12.1 Å². The number of alkyl halides is 2. The SMILES string of the molecule is NCC1(c2cc3c(cc2C(F)F)OCO3)CC1. The summed E-state index contributed by atoms with van der Waals surface area (Å²) < 4.78 is 36.5. The van der Waals surface area contributed by atoms with Gasteiger partial charge in [-0.15, -0.1) is 0 Å². The van der Waals surface area contributed by atoms with E-state index in [0.29, 0.717) is 23.6 Å². The van der Waals surface area contributed by atoms with Gasteiger partial charge < -0.3 is 15.2 Å². The van der Waals surface area contributed by atoms with Gasteiger partial charge in [-0.05, 0) is 30.5 Å². The van der Waals surface area contributed by atoms with Crippen LogP contribution in [0.3, 0.4) is 0 Å². The number of hydrogen-bond donors (Lipinski definition) is 1. The van der Waals surface area contributed by atoms with E-state index in [9.17, 15) is 8.78 Å². The lowest BCUT2D eigenvalue weighted by atomic mass is 9.91. The molecular weight excluding hydrogens is 228 g/mol. The Morgan fingerprint density at radius 1 is 1.24 bits per heavy atom. The minimum absolute atomic E-state index is 0.0252. The molecule has 5 heteroatoms. The van der Waals surface area contributed by atoms with Crippen LogP contribution in [0.4, 0.5) is 8.78 Å². The molecule has 0 spiro atoms. The third-order valence-corrected chi connectivity index (χ3v) is 3.60. The molecule has 0 radical (unpaired) electrons. The minimum Gasteiger partial charge on any atom is -0.454 e. The average Bonchev–Trinajstić information content (AvgIpc) is 2.99. The Balaban J connectivity index is 2.12. The topological polar surface area (TPSA) is 44.5 Å². The molecule has 2 N–H and O–H groups in total. The molecule has 1 aromatic rings. The van der Waals surface area contributed by atoms with E-state index < -0.39 is 6.43 Å². The van der Waals surface area contributed by atoms with E-state index in [1.807, 2.05) is 0 Å². The lowest BCUT2D eigenvalue weighted by Gasteiger charge is -2.18. The molecule has 2 aliphatic rings. The summed E-state index contributed by atoms with van der Waals surface area (Å²) in [4.78, 5) is 0. The van der Waals surface area contributed by atoms with Crippen molar-refractivity contribution in [3.8, 4) is 11.5 Å². The zero-order valence-corrected chi connectivity index (χ0v) is 9.21. The molecule has 3 nitrogen and oxygen atoms in total. The first-order valence-corrected chi connectivity index (χ1v) is 5.58. The van der Waals surface area contributed by atoms with Gasteiger partial charge in [-0.25, -0.2) is 8.78 Å². The van der Waals surface area contributed by atoms with Gasteiger partial charge in [0.25, 0.3) is 6.43 Å². The third-order valence-electron chi connectivity index (χ3n) is 3.60. The molecule has 0 unspecified atom stereocenters. The van der Waals surface area contributed by atoms with Crippen molar-refractivity contribution in [2.45, 2.75) is 24.7 Å². The van der Waals surface area contributed by atoms with Gasteiger partial charge in [-0.3, -0.25) is 0 Å². The number of benzene rings is 1. The van der Waals surface area contributed by atoms with E-state index in [0.717, 1.165) is 12.8 Å². The van der Waals surface area contributed by atoms with Crippen molar-refractivity contribution >= 4 is 0 Å². The van der Waals surface area contributed by atoms with Crippen molar-refractivity contribution in [1.82, 2.24) is 0 Å². The molecule has 92 valence electrons. The monoisotopic (exact) mass is 241 g/mol. The molecule has 1 fully saturated rings. The van der Waals surface area contributed by atoms with Crippen LogP contribution in [0, 0.1) is 0 Å². The molecule has 0 amide bonds. The predicted octanol–water partition coefficient (Wildman–Crippen LogP) is 2.34. The van der Waals surface area contributed by atoms with Crippen LogP contribution in [0.2, 0.25) is 0 Å². The Morgan fingerprint density at radius 2 is 1.88 bits per heavy atom. The second-order valence-corrected chi connectivity index (χ2v) is 4.58. The van der Waals surface area contributed by atoms with Crippen LogP contribution in [0.25, 0.3) is 0 Å². The quantitative estimate of drug-likeness (QED) is 0.883. The fourth-order valence-electron chi connectivity index (χ4n) is 2.33. The molecule has 1 heterocycles. The summed E-state index contributed by atoms with van der Waals surface area (Å²) in [5.41, 5.74) is 6.08. The molecule has 3 rings (SSSR count). The number of fused-ring (bicyclic) bond motifs is 1. The molecular formula is C12H13F2NO2. The van der Waals surface area contributed by atoms with Crippen molar-refractivity contribution in [3.05, 3.63) is 23.3 Å². The minimum atomic E-state index is -2.51. The van der Waals surface area contributed by atoms with E-state index in [4.69, 9.17) is 15.2 Å². The van der Waals surface area contributed by atoms with Crippen molar-refractivity contribution < 1.29 is 18.3 Å². The first-order valence-electron chi connectivity index (χ1n) is 5.58. The molecule has 0 bridgehead atoms.